The Balaban J connectivity index is 1.77. The summed E-state index contributed by atoms with van der Waals surface area (Å²) in [5.74, 6) is -1.25. The van der Waals surface area contributed by atoms with E-state index < -0.39 is 22.8 Å². The van der Waals surface area contributed by atoms with Crippen LogP contribution in [0, 0.1) is 15.5 Å². The second-order valence-electron chi connectivity index (χ2n) is 7.82. The predicted octanol–water partition coefficient (Wildman–Crippen LogP) is 1.64. The van der Waals surface area contributed by atoms with Crippen molar-refractivity contribution in [2.24, 2.45) is 11.5 Å². The van der Waals surface area contributed by atoms with Crippen molar-refractivity contribution in [3.05, 3.63) is 76.0 Å². The average Bonchev–Trinajstić information content (AvgIpc) is 3.18. The normalized spacial score (nSPS) is 11.6. The van der Waals surface area contributed by atoms with Gasteiger partial charge in [0.05, 0.1) is 4.92 Å². The zero-order chi connectivity index (χ0) is 24.7. The van der Waals surface area contributed by atoms with E-state index in [2.05, 4.69) is 10.6 Å². The summed E-state index contributed by atoms with van der Waals surface area (Å²) >= 11 is 0. The lowest BCUT2D eigenvalue weighted by atomic mass is 10.1. The van der Waals surface area contributed by atoms with Gasteiger partial charge in [0.1, 0.15) is 11.7 Å². The van der Waals surface area contributed by atoms with E-state index in [1.54, 1.807) is 18.2 Å². The van der Waals surface area contributed by atoms with Crippen molar-refractivity contribution in [1.29, 1.82) is 5.41 Å². The summed E-state index contributed by atoms with van der Waals surface area (Å²) in [6.07, 6.45) is 1.33. The lowest BCUT2D eigenvalue weighted by Gasteiger charge is -2.17. The van der Waals surface area contributed by atoms with Gasteiger partial charge >= 0.3 is 0 Å². The lowest BCUT2D eigenvalue weighted by molar-refractivity contribution is -0.384. The minimum absolute atomic E-state index is 0.0197. The van der Waals surface area contributed by atoms with Gasteiger partial charge in [-0.15, -0.1) is 0 Å². The molecule has 1 aromatic heterocycles. The Morgan fingerprint density at radius 1 is 1.12 bits per heavy atom. The first kappa shape index (κ1) is 24.2. The number of nitrogens with one attached hydrogen (secondary N) is 3. The fourth-order valence-corrected chi connectivity index (χ4v) is 3.71. The number of rotatable bonds is 11. The molecule has 2 amide bonds. The number of guanidine groups is 1. The van der Waals surface area contributed by atoms with E-state index >= 15 is 0 Å². The molecule has 2 aromatic carbocycles. The number of para-hydroxylation sites is 1. The molecule has 178 valence electrons. The fourth-order valence-electron chi connectivity index (χ4n) is 3.71. The topological polar surface area (TPSA) is 182 Å². The van der Waals surface area contributed by atoms with Crippen LogP contribution >= 0.6 is 0 Å². The predicted molar refractivity (Wildman–Crippen MR) is 128 cm³/mol. The molecule has 0 bridgehead atoms. The van der Waals surface area contributed by atoms with Crippen LogP contribution < -0.4 is 22.1 Å². The number of aromatic nitrogens is 1. The third kappa shape index (κ3) is 6.09. The van der Waals surface area contributed by atoms with E-state index in [1.165, 1.54) is 12.1 Å². The molecule has 0 saturated carbocycles. The second-order valence-corrected chi connectivity index (χ2v) is 7.82. The molecule has 0 spiro atoms. The average molecular weight is 466 g/mol. The maximum atomic E-state index is 13.1. The number of nitro benzene ring substituents is 1. The SMILES string of the molecule is N=C(N)NCCCC(NC(=O)c1cc2ccccc2n1CCc1ccc([N+](=O)[O-])cc1)C(N)=O. The number of aryl methyl sites for hydroxylation is 2. The highest BCUT2D eigenvalue weighted by Crippen LogP contribution is 2.21. The molecule has 1 heterocycles. The van der Waals surface area contributed by atoms with Crippen LogP contribution in [-0.4, -0.2) is 39.9 Å². The molecule has 1 unspecified atom stereocenters. The number of benzene rings is 2. The monoisotopic (exact) mass is 465 g/mol. The maximum absolute atomic E-state index is 13.1. The van der Waals surface area contributed by atoms with Crippen LogP contribution in [0.3, 0.4) is 0 Å². The van der Waals surface area contributed by atoms with Crippen LogP contribution in [0.1, 0.15) is 28.9 Å². The van der Waals surface area contributed by atoms with Gasteiger partial charge in [-0.2, -0.15) is 0 Å². The van der Waals surface area contributed by atoms with Crippen molar-refractivity contribution in [1.82, 2.24) is 15.2 Å². The van der Waals surface area contributed by atoms with Gasteiger partial charge in [-0.25, -0.2) is 0 Å². The van der Waals surface area contributed by atoms with Crippen molar-refractivity contribution < 1.29 is 14.5 Å². The van der Waals surface area contributed by atoms with Crippen LogP contribution in [0.5, 0.6) is 0 Å². The van der Waals surface area contributed by atoms with Crippen LogP contribution in [0.25, 0.3) is 10.9 Å². The minimum Gasteiger partial charge on any atom is -0.370 e. The molecule has 0 aliphatic carbocycles. The Hall–Kier alpha value is -4.41. The molecular weight excluding hydrogens is 438 g/mol. The number of hydrogen-bond acceptors (Lipinski definition) is 5. The van der Waals surface area contributed by atoms with Gasteiger partial charge in [0.2, 0.25) is 5.91 Å². The minimum atomic E-state index is -0.873. The van der Waals surface area contributed by atoms with Crippen LogP contribution in [-0.2, 0) is 17.8 Å². The van der Waals surface area contributed by atoms with Gasteiger partial charge in [0.15, 0.2) is 5.96 Å². The van der Waals surface area contributed by atoms with Crippen molar-refractivity contribution in [3.8, 4) is 0 Å². The number of nitrogens with two attached hydrogens (primary N) is 2. The van der Waals surface area contributed by atoms with E-state index in [0.29, 0.717) is 38.0 Å². The number of carbonyl (C=O) groups is 2. The lowest BCUT2D eigenvalue weighted by Crippen LogP contribution is -2.45. The fraction of sp³-hybridized carbons (Fsp3) is 0.261. The third-order valence-electron chi connectivity index (χ3n) is 5.45. The van der Waals surface area contributed by atoms with Crippen molar-refractivity contribution in [3.63, 3.8) is 0 Å². The first-order chi connectivity index (χ1) is 16.3. The number of carbonyl (C=O) groups excluding carboxylic acids is 2. The number of fused-ring (bicyclic) bond motifs is 1. The van der Waals surface area contributed by atoms with E-state index in [1.807, 2.05) is 28.8 Å². The van der Waals surface area contributed by atoms with Crippen LogP contribution in [0.4, 0.5) is 5.69 Å². The van der Waals surface area contributed by atoms with Crippen LogP contribution in [0.15, 0.2) is 54.6 Å². The smallest absolute Gasteiger partial charge is 0.269 e. The second kappa shape index (κ2) is 10.9. The largest absolute Gasteiger partial charge is 0.370 e. The van der Waals surface area contributed by atoms with Gasteiger partial charge in [-0.1, -0.05) is 30.3 Å². The number of nitro groups is 1. The summed E-state index contributed by atoms with van der Waals surface area (Å²) in [5.41, 5.74) is 12.9. The Kier molecular flexibility index (Phi) is 7.80. The molecule has 7 N–H and O–H groups in total. The number of non-ortho nitro benzene ring substituents is 1. The third-order valence-corrected chi connectivity index (χ3v) is 5.45. The number of nitrogens with zero attached hydrogens (tertiary/aromatic N) is 2. The van der Waals surface area contributed by atoms with Crippen molar-refractivity contribution in [2.75, 3.05) is 6.54 Å². The van der Waals surface area contributed by atoms with Crippen LogP contribution in [0.2, 0.25) is 0 Å². The highest BCUT2D eigenvalue weighted by Gasteiger charge is 2.22. The molecule has 3 aromatic rings. The summed E-state index contributed by atoms with van der Waals surface area (Å²) in [6, 6.07) is 14.7. The van der Waals surface area contributed by atoms with Crippen molar-refractivity contribution >= 4 is 34.4 Å². The molecule has 0 aliphatic rings. The van der Waals surface area contributed by atoms with E-state index in [4.69, 9.17) is 16.9 Å². The maximum Gasteiger partial charge on any atom is 0.269 e. The number of amides is 2. The molecule has 11 nitrogen and oxygen atoms in total. The summed E-state index contributed by atoms with van der Waals surface area (Å²) in [6.45, 7) is 0.836. The highest BCUT2D eigenvalue weighted by molar-refractivity contribution is 6.00. The van der Waals surface area contributed by atoms with Crippen molar-refractivity contribution in [2.45, 2.75) is 31.8 Å². The Morgan fingerprint density at radius 2 is 1.82 bits per heavy atom. The number of primary amides is 1. The first-order valence-electron chi connectivity index (χ1n) is 10.8. The zero-order valence-corrected chi connectivity index (χ0v) is 18.5. The summed E-state index contributed by atoms with van der Waals surface area (Å²) in [4.78, 5) is 35.5. The quantitative estimate of drug-likeness (QED) is 0.0942. The summed E-state index contributed by atoms with van der Waals surface area (Å²) in [7, 11) is 0. The molecule has 0 aliphatic heterocycles. The van der Waals surface area contributed by atoms with Gasteiger partial charge < -0.3 is 26.7 Å². The summed E-state index contributed by atoms with van der Waals surface area (Å²) < 4.78 is 1.86. The van der Waals surface area contributed by atoms with Gasteiger partial charge in [0.25, 0.3) is 11.6 Å². The first-order valence-corrected chi connectivity index (χ1v) is 10.8. The van der Waals surface area contributed by atoms with E-state index in [9.17, 15) is 19.7 Å². The molecular formula is C23H27N7O4. The molecule has 0 radical (unpaired) electrons. The number of hydrogen-bond donors (Lipinski definition) is 5. The van der Waals surface area contributed by atoms with Gasteiger partial charge in [-0.05, 0) is 37.0 Å². The van der Waals surface area contributed by atoms with Gasteiger partial charge in [-0.3, -0.25) is 25.1 Å². The zero-order valence-electron chi connectivity index (χ0n) is 18.5. The van der Waals surface area contributed by atoms with Gasteiger partial charge in [0, 0.05) is 36.1 Å². The Bertz CT molecular complexity index is 1200. The Morgan fingerprint density at radius 3 is 2.47 bits per heavy atom. The highest BCUT2D eigenvalue weighted by atomic mass is 16.6. The van der Waals surface area contributed by atoms with E-state index in [-0.39, 0.29) is 11.6 Å². The standard InChI is InChI=1S/C23H27N7O4/c24-21(31)18(5-3-12-27-23(25)26)28-22(32)20-14-16-4-1-2-6-19(16)29(20)13-11-15-7-9-17(10-8-15)30(33)34/h1-2,4,6-10,14,18H,3,5,11-13H2,(H2,24,31)(H,28,32)(H4,25,26,27). The molecule has 11 heteroatoms. The molecule has 0 saturated heterocycles. The molecule has 34 heavy (non-hydrogen) atoms. The molecule has 3 rings (SSSR count). The van der Waals surface area contributed by atoms with E-state index in [0.717, 1.165) is 16.5 Å². The molecule has 0 fully saturated rings. The Labute approximate surface area is 195 Å². The molecule has 1 atom stereocenters. The summed E-state index contributed by atoms with van der Waals surface area (Å²) in [5, 5.41) is 24.3.